The molecule has 4 atom stereocenters. The molecule has 0 fully saturated rings. The molecule has 0 aliphatic carbocycles. The van der Waals surface area contributed by atoms with Crippen molar-refractivity contribution in [3.8, 4) is 0 Å². The molecule has 0 aromatic carbocycles. The van der Waals surface area contributed by atoms with Crippen LogP contribution in [0.4, 0.5) is 0 Å². The molecule has 1 aliphatic heterocycles. The van der Waals surface area contributed by atoms with Gasteiger partial charge < -0.3 is 20.0 Å². The Morgan fingerprint density at radius 3 is 2.52 bits per heavy atom. The van der Waals surface area contributed by atoms with Gasteiger partial charge in [-0.2, -0.15) is 11.8 Å². The SMILES string of the molecule is CCSC(C)C1(C)NC(C)=C(C(=O)OC)C(C)C1C(=O)[O-]. The third kappa shape index (κ3) is 3.20. The van der Waals surface area contributed by atoms with Crippen molar-refractivity contribution < 1.29 is 19.4 Å². The number of thioether (sulfide) groups is 1. The minimum atomic E-state index is -1.14. The van der Waals surface area contributed by atoms with Gasteiger partial charge in [0.05, 0.1) is 18.2 Å². The minimum absolute atomic E-state index is 0.0574. The molecule has 0 aromatic heterocycles. The van der Waals surface area contributed by atoms with Crippen LogP contribution in [0.5, 0.6) is 0 Å². The summed E-state index contributed by atoms with van der Waals surface area (Å²) in [4.78, 5) is 23.6. The van der Waals surface area contributed by atoms with Crippen molar-refractivity contribution in [3.63, 3.8) is 0 Å². The summed E-state index contributed by atoms with van der Waals surface area (Å²) < 4.78 is 4.78. The number of esters is 1. The van der Waals surface area contributed by atoms with Crippen LogP contribution in [0.3, 0.4) is 0 Å². The van der Waals surface area contributed by atoms with Gasteiger partial charge in [-0.15, -0.1) is 0 Å². The molecule has 21 heavy (non-hydrogen) atoms. The van der Waals surface area contributed by atoms with Crippen molar-refractivity contribution in [3.05, 3.63) is 11.3 Å². The average Bonchev–Trinajstić information content (AvgIpc) is 2.37. The number of allylic oxidation sites excluding steroid dienone is 1. The lowest BCUT2D eigenvalue weighted by atomic mass is 9.69. The Labute approximate surface area is 130 Å². The fourth-order valence-corrected chi connectivity index (χ4v) is 4.30. The Hall–Kier alpha value is -1.17. The predicted molar refractivity (Wildman–Crippen MR) is 81.5 cm³/mol. The van der Waals surface area contributed by atoms with E-state index < -0.39 is 29.3 Å². The minimum Gasteiger partial charge on any atom is -0.550 e. The highest BCUT2D eigenvalue weighted by Crippen LogP contribution is 2.41. The van der Waals surface area contributed by atoms with Crippen LogP contribution in [0, 0.1) is 11.8 Å². The van der Waals surface area contributed by atoms with E-state index in [0.29, 0.717) is 11.3 Å². The molecule has 4 unspecified atom stereocenters. The van der Waals surface area contributed by atoms with Gasteiger partial charge in [0.1, 0.15) is 0 Å². The van der Waals surface area contributed by atoms with Gasteiger partial charge in [-0.3, -0.25) is 0 Å². The number of carboxylic acids is 1. The van der Waals surface area contributed by atoms with E-state index in [1.165, 1.54) is 7.11 Å². The number of hydrogen-bond acceptors (Lipinski definition) is 6. The van der Waals surface area contributed by atoms with Crippen LogP contribution in [0.25, 0.3) is 0 Å². The van der Waals surface area contributed by atoms with E-state index in [-0.39, 0.29) is 5.25 Å². The van der Waals surface area contributed by atoms with Crippen LogP contribution in [-0.4, -0.2) is 35.6 Å². The number of ether oxygens (including phenoxy) is 1. The van der Waals surface area contributed by atoms with E-state index in [0.717, 1.165) is 5.75 Å². The fraction of sp³-hybridized carbons (Fsp3) is 0.733. The normalized spacial score (nSPS) is 30.6. The summed E-state index contributed by atoms with van der Waals surface area (Å²) in [6, 6.07) is 0. The molecular weight excluding hydrogens is 290 g/mol. The van der Waals surface area contributed by atoms with Gasteiger partial charge in [0.15, 0.2) is 0 Å². The number of aliphatic carboxylic acids is 1. The molecule has 0 amide bonds. The third-order valence-corrected chi connectivity index (χ3v) is 5.71. The summed E-state index contributed by atoms with van der Waals surface area (Å²) in [7, 11) is 1.30. The smallest absolute Gasteiger partial charge is 0.335 e. The zero-order valence-electron chi connectivity index (χ0n) is 13.5. The Morgan fingerprint density at radius 2 is 2.10 bits per heavy atom. The van der Waals surface area contributed by atoms with E-state index >= 15 is 0 Å². The fourth-order valence-electron chi connectivity index (χ4n) is 3.25. The number of rotatable bonds is 5. The number of carbonyl (C=O) groups is 2. The monoisotopic (exact) mass is 314 g/mol. The highest BCUT2D eigenvalue weighted by atomic mass is 32.2. The maximum Gasteiger partial charge on any atom is 0.335 e. The van der Waals surface area contributed by atoms with Crippen LogP contribution in [0.2, 0.25) is 0 Å². The molecule has 0 bridgehead atoms. The van der Waals surface area contributed by atoms with E-state index in [9.17, 15) is 14.7 Å². The van der Waals surface area contributed by atoms with Gasteiger partial charge in [0.2, 0.25) is 0 Å². The molecule has 0 saturated carbocycles. The zero-order valence-corrected chi connectivity index (χ0v) is 14.3. The highest BCUT2D eigenvalue weighted by Gasteiger charge is 2.48. The van der Waals surface area contributed by atoms with Crippen molar-refractivity contribution in [2.45, 2.75) is 45.4 Å². The molecule has 0 saturated heterocycles. The highest BCUT2D eigenvalue weighted by molar-refractivity contribution is 7.99. The van der Waals surface area contributed by atoms with Gasteiger partial charge in [0, 0.05) is 28.8 Å². The van der Waals surface area contributed by atoms with Crippen molar-refractivity contribution in [1.82, 2.24) is 5.32 Å². The first-order valence-corrected chi connectivity index (χ1v) is 8.15. The Balaban J connectivity index is 3.34. The second-order valence-corrected chi connectivity index (χ2v) is 7.24. The first-order chi connectivity index (χ1) is 9.70. The molecule has 0 aromatic rings. The summed E-state index contributed by atoms with van der Waals surface area (Å²) >= 11 is 1.68. The molecule has 0 radical (unpaired) electrons. The third-order valence-electron chi connectivity index (χ3n) is 4.38. The lowest BCUT2D eigenvalue weighted by Gasteiger charge is -2.50. The van der Waals surface area contributed by atoms with Crippen molar-refractivity contribution in [2.24, 2.45) is 11.8 Å². The quantitative estimate of drug-likeness (QED) is 0.761. The Kier molecular flexibility index (Phi) is 5.73. The molecule has 0 spiro atoms. The molecule has 120 valence electrons. The van der Waals surface area contributed by atoms with Gasteiger partial charge in [-0.05, 0) is 19.6 Å². The van der Waals surface area contributed by atoms with E-state index in [2.05, 4.69) is 5.32 Å². The van der Waals surface area contributed by atoms with E-state index in [1.54, 1.807) is 25.6 Å². The van der Waals surface area contributed by atoms with Gasteiger partial charge in [-0.1, -0.05) is 20.8 Å². The van der Waals surface area contributed by atoms with Crippen LogP contribution in [0.1, 0.15) is 34.6 Å². The second kappa shape index (κ2) is 6.73. The van der Waals surface area contributed by atoms with Crippen LogP contribution < -0.4 is 10.4 Å². The summed E-state index contributed by atoms with van der Waals surface area (Å²) in [6.45, 7) is 9.46. The number of nitrogens with one attached hydrogen (secondary N) is 1. The van der Waals surface area contributed by atoms with Crippen LogP contribution >= 0.6 is 11.8 Å². The summed E-state index contributed by atoms with van der Waals surface area (Å²) in [5.74, 6) is -2.01. The van der Waals surface area contributed by atoms with Crippen LogP contribution in [0.15, 0.2) is 11.3 Å². The molecule has 1 heterocycles. The maximum absolute atomic E-state index is 11.9. The summed E-state index contributed by atoms with van der Waals surface area (Å²) in [5.41, 5.74) is 0.386. The number of carbonyl (C=O) groups excluding carboxylic acids is 2. The molecule has 6 heteroatoms. The number of hydrogen-bond donors (Lipinski definition) is 1. The second-order valence-electron chi connectivity index (χ2n) is 5.62. The Bertz CT molecular complexity index is 463. The topological polar surface area (TPSA) is 78.5 Å². The molecule has 5 nitrogen and oxygen atoms in total. The first-order valence-electron chi connectivity index (χ1n) is 7.10. The van der Waals surface area contributed by atoms with Gasteiger partial charge in [-0.25, -0.2) is 4.79 Å². The summed E-state index contributed by atoms with van der Waals surface area (Å²) in [6.07, 6.45) is 0. The van der Waals surface area contributed by atoms with Crippen molar-refractivity contribution in [1.29, 1.82) is 0 Å². The lowest BCUT2D eigenvalue weighted by molar-refractivity contribution is -0.315. The number of methoxy groups -OCH3 is 1. The summed E-state index contributed by atoms with van der Waals surface area (Å²) in [5, 5.41) is 15.0. The van der Waals surface area contributed by atoms with Gasteiger partial charge in [0.25, 0.3) is 0 Å². The average molecular weight is 314 g/mol. The molecule has 1 N–H and O–H groups in total. The predicted octanol–water partition coefficient (Wildman–Crippen LogP) is 0.939. The van der Waals surface area contributed by atoms with Crippen molar-refractivity contribution in [2.75, 3.05) is 12.9 Å². The molecule has 1 aliphatic rings. The van der Waals surface area contributed by atoms with Crippen LogP contribution in [-0.2, 0) is 14.3 Å². The number of carboxylic acid groups (broad SMARTS) is 1. The lowest BCUT2D eigenvalue weighted by Crippen LogP contribution is -2.64. The van der Waals surface area contributed by atoms with Crippen molar-refractivity contribution >= 4 is 23.7 Å². The standard InChI is InChI=1S/C15H25NO4S/c1-7-21-10(4)15(5)12(13(17)18)8(2)11(9(3)16-15)14(19)20-6/h8,10,12,16H,7H2,1-6H3,(H,17,18)/p-1. The first kappa shape index (κ1) is 17.9. The largest absolute Gasteiger partial charge is 0.550 e. The van der Waals surface area contributed by atoms with E-state index in [1.807, 2.05) is 20.8 Å². The Morgan fingerprint density at radius 1 is 1.52 bits per heavy atom. The van der Waals surface area contributed by atoms with E-state index in [4.69, 9.17) is 4.74 Å². The molecule has 1 rings (SSSR count). The maximum atomic E-state index is 11.9. The molecular formula is C15H24NO4S-. The zero-order chi connectivity index (χ0) is 16.4. The van der Waals surface area contributed by atoms with Gasteiger partial charge >= 0.3 is 5.97 Å².